The standard InChI is InChI=1S/C12H21NO4/c1-7-6-9(8(2)16-10(7)14)13-11(15)17-12(3,4)5/h7-9H,6H2,1-5H3,(H,13,15). The largest absolute Gasteiger partial charge is 0.460 e. The van der Waals surface area contributed by atoms with Gasteiger partial charge in [-0.3, -0.25) is 4.79 Å². The van der Waals surface area contributed by atoms with Crippen molar-refractivity contribution in [2.75, 3.05) is 0 Å². The first-order chi connectivity index (χ1) is 7.69. The summed E-state index contributed by atoms with van der Waals surface area (Å²) < 4.78 is 10.3. The van der Waals surface area contributed by atoms with E-state index in [1.54, 1.807) is 34.6 Å². The molecule has 0 aromatic rings. The number of carbonyl (C=O) groups excluding carboxylic acids is 2. The minimum Gasteiger partial charge on any atom is -0.460 e. The van der Waals surface area contributed by atoms with Crippen molar-refractivity contribution in [1.29, 1.82) is 0 Å². The Morgan fingerprint density at radius 3 is 2.53 bits per heavy atom. The lowest BCUT2D eigenvalue weighted by Crippen LogP contribution is -2.50. The number of hydrogen-bond donors (Lipinski definition) is 1. The third kappa shape index (κ3) is 4.24. The molecule has 5 heteroatoms. The third-order valence-corrected chi connectivity index (χ3v) is 2.58. The van der Waals surface area contributed by atoms with Crippen molar-refractivity contribution in [3.8, 4) is 0 Å². The lowest BCUT2D eigenvalue weighted by atomic mass is 9.95. The predicted octanol–water partition coefficient (Wildman–Crippen LogP) is 1.85. The van der Waals surface area contributed by atoms with Crippen LogP contribution in [0.5, 0.6) is 0 Å². The van der Waals surface area contributed by atoms with E-state index in [0.29, 0.717) is 6.42 Å². The second kappa shape index (κ2) is 4.94. The molecule has 1 heterocycles. The second-order valence-electron chi connectivity index (χ2n) is 5.53. The first-order valence-corrected chi connectivity index (χ1v) is 5.89. The SMILES string of the molecule is CC1CC(NC(=O)OC(C)(C)C)C(C)OC1=O. The molecule has 5 nitrogen and oxygen atoms in total. The molecular formula is C12H21NO4. The van der Waals surface area contributed by atoms with Gasteiger partial charge in [0.1, 0.15) is 11.7 Å². The van der Waals surface area contributed by atoms with Crippen molar-refractivity contribution >= 4 is 12.1 Å². The van der Waals surface area contributed by atoms with Crippen LogP contribution < -0.4 is 5.32 Å². The summed E-state index contributed by atoms with van der Waals surface area (Å²) in [4.78, 5) is 22.9. The Kier molecular flexibility index (Phi) is 4.01. The normalized spacial score (nSPS) is 29.5. The minimum absolute atomic E-state index is 0.183. The number of esters is 1. The van der Waals surface area contributed by atoms with E-state index in [1.165, 1.54) is 0 Å². The molecule has 0 aromatic heterocycles. The summed E-state index contributed by atoms with van der Waals surface area (Å²) in [6, 6.07) is -0.183. The van der Waals surface area contributed by atoms with Gasteiger partial charge in [-0.2, -0.15) is 0 Å². The van der Waals surface area contributed by atoms with E-state index in [-0.39, 0.29) is 24.0 Å². The second-order valence-corrected chi connectivity index (χ2v) is 5.53. The van der Waals surface area contributed by atoms with Gasteiger partial charge in [0.2, 0.25) is 0 Å². The molecule has 1 fully saturated rings. The lowest BCUT2D eigenvalue weighted by molar-refractivity contribution is -0.160. The van der Waals surface area contributed by atoms with Crippen LogP contribution in [0.15, 0.2) is 0 Å². The van der Waals surface area contributed by atoms with Crippen molar-refractivity contribution in [2.45, 2.75) is 58.8 Å². The molecule has 1 rings (SSSR count). The highest BCUT2D eigenvalue weighted by molar-refractivity contribution is 5.74. The quantitative estimate of drug-likeness (QED) is 0.714. The maximum absolute atomic E-state index is 11.6. The van der Waals surface area contributed by atoms with Gasteiger partial charge < -0.3 is 14.8 Å². The number of amides is 1. The molecule has 98 valence electrons. The topological polar surface area (TPSA) is 64.6 Å². The van der Waals surface area contributed by atoms with E-state index in [0.717, 1.165) is 0 Å². The van der Waals surface area contributed by atoms with Gasteiger partial charge in [-0.1, -0.05) is 6.92 Å². The van der Waals surface area contributed by atoms with E-state index in [2.05, 4.69) is 5.32 Å². The number of cyclic esters (lactones) is 1. The molecule has 0 aliphatic carbocycles. The summed E-state index contributed by atoms with van der Waals surface area (Å²) in [5, 5.41) is 2.74. The van der Waals surface area contributed by atoms with E-state index in [4.69, 9.17) is 9.47 Å². The first kappa shape index (κ1) is 13.8. The van der Waals surface area contributed by atoms with Crippen molar-refractivity contribution in [3.63, 3.8) is 0 Å². The summed E-state index contributed by atoms with van der Waals surface area (Å²) >= 11 is 0. The van der Waals surface area contributed by atoms with Crippen LogP contribution in [0.4, 0.5) is 4.79 Å². The number of nitrogens with one attached hydrogen (secondary N) is 1. The fourth-order valence-corrected chi connectivity index (χ4v) is 1.69. The van der Waals surface area contributed by atoms with E-state index >= 15 is 0 Å². The molecule has 1 aliphatic heterocycles. The van der Waals surface area contributed by atoms with Gasteiger partial charge in [0.05, 0.1) is 12.0 Å². The molecular weight excluding hydrogens is 222 g/mol. The fraction of sp³-hybridized carbons (Fsp3) is 0.833. The monoisotopic (exact) mass is 243 g/mol. The Morgan fingerprint density at radius 1 is 1.41 bits per heavy atom. The van der Waals surface area contributed by atoms with Crippen LogP contribution in [0, 0.1) is 5.92 Å². The third-order valence-electron chi connectivity index (χ3n) is 2.58. The van der Waals surface area contributed by atoms with Gasteiger partial charge in [0.15, 0.2) is 0 Å². The van der Waals surface area contributed by atoms with Crippen LogP contribution in [-0.4, -0.2) is 29.8 Å². The Hall–Kier alpha value is -1.26. The van der Waals surface area contributed by atoms with E-state index in [1.807, 2.05) is 0 Å². The number of hydrogen-bond acceptors (Lipinski definition) is 4. The molecule has 1 amide bonds. The summed E-state index contributed by atoms with van der Waals surface area (Å²) in [7, 11) is 0. The molecule has 3 atom stereocenters. The molecule has 17 heavy (non-hydrogen) atoms. The first-order valence-electron chi connectivity index (χ1n) is 5.89. The molecule has 0 bridgehead atoms. The van der Waals surface area contributed by atoms with Crippen LogP contribution >= 0.6 is 0 Å². The number of ether oxygens (including phenoxy) is 2. The summed E-state index contributed by atoms with van der Waals surface area (Å²) in [6.07, 6.45) is -0.204. The van der Waals surface area contributed by atoms with Crippen LogP contribution in [0.2, 0.25) is 0 Å². The highest BCUT2D eigenvalue weighted by atomic mass is 16.6. The van der Waals surface area contributed by atoms with Gasteiger partial charge in [-0.15, -0.1) is 0 Å². The Morgan fingerprint density at radius 2 is 2.00 bits per heavy atom. The Balaban J connectivity index is 2.51. The van der Waals surface area contributed by atoms with Crippen LogP contribution in [0.25, 0.3) is 0 Å². The highest BCUT2D eigenvalue weighted by Crippen LogP contribution is 2.20. The van der Waals surface area contributed by atoms with Crippen molar-refractivity contribution in [1.82, 2.24) is 5.32 Å². The molecule has 1 saturated heterocycles. The smallest absolute Gasteiger partial charge is 0.408 e. The van der Waals surface area contributed by atoms with Crippen LogP contribution in [0.1, 0.15) is 41.0 Å². The molecule has 0 spiro atoms. The molecule has 0 saturated carbocycles. The molecule has 3 unspecified atom stereocenters. The van der Waals surface area contributed by atoms with Gasteiger partial charge in [0.25, 0.3) is 0 Å². The van der Waals surface area contributed by atoms with Crippen LogP contribution in [-0.2, 0) is 14.3 Å². The van der Waals surface area contributed by atoms with E-state index in [9.17, 15) is 9.59 Å². The van der Waals surface area contributed by atoms with Crippen molar-refractivity contribution < 1.29 is 19.1 Å². The summed E-state index contributed by atoms with van der Waals surface area (Å²) in [6.45, 7) is 8.97. The maximum Gasteiger partial charge on any atom is 0.408 e. The average molecular weight is 243 g/mol. The number of carbonyl (C=O) groups is 2. The zero-order valence-electron chi connectivity index (χ0n) is 11.1. The summed E-state index contributed by atoms with van der Waals surface area (Å²) in [5.41, 5.74) is -0.524. The molecule has 1 aliphatic rings. The maximum atomic E-state index is 11.6. The van der Waals surface area contributed by atoms with E-state index < -0.39 is 11.7 Å². The Labute approximate surface area is 102 Å². The van der Waals surface area contributed by atoms with Gasteiger partial charge in [-0.25, -0.2) is 4.79 Å². The minimum atomic E-state index is -0.524. The number of alkyl carbamates (subject to hydrolysis) is 1. The van der Waals surface area contributed by atoms with Gasteiger partial charge in [-0.05, 0) is 34.1 Å². The van der Waals surface area contributed by atoms with Gasteiger partial charge >= 0.3 is 12.1 Å². The summed E-state index contributed by atoms with van der Waals surface area (Å²) in [5.74, 6) is -0.397. The zero-order valence-corrected chi connectivity index (χ0v) is 11.1. The predicted molar refractivity (Wildman–Crippen MR) is 62.5 cm³/mol. The van der Waals surface area contributed by atoms with Crippen molar-refractivity contribution in [2.24, 2.45) is 5.92 Å². The molecule has 1 N–H and O–H groups in total. The van der Waals surface area contributed by atoms with Crippen LogP contribution in [0.3, 0.4) is 0 Å². The zero-order chi connectivity index (χ0) is 13.2. The fourth-order valence-electron chi connectivity index (χ4n) is 1.69. The number of rotatable bonds is 1. The van der Waals surface area contributed by atoms with Crippen molar-refractivity contribution in [3.05, 3.63) is 0 Å². The average Bonchev–Trinajstić information content (AvgIpc) is 2.11. The lowest BCUT2D eigenvalue weighted by Gasteiger charge is -2.33. The Bertz CT molecular complexity index is 308. The molecule has 0 radical (unpaired) electrons. The molecule has 0 aromatic carbocycles. The van der Waals surface area contributed by atoms with Gasteiger partial charge in [0, 0.05) is 0 Å². The highest BCUT2D eigenvalue weighted by Gasteiger charge is 2.34.